The predicted octanol–water partition coefficient (Wildman–Crippen LogP) is 18.7. The number of nitrogens with zero attached hydrogens (tertiary/aromatic N) is 18. The van der Waals surface area contributed by atoms with Crippen LogP contribution in [0.3, 0.4) is 0 Å². The van der Waals surface area contributed by atoms with E-state index in [4.69, 9.17) is 9.47 Å². The van der Waals surface area contributed by atoms with E-state index in [0.29, 0.717) is 99.4 Å². The van der Waals surface area contributed by atoms with Crippen molar-refractivity contribution in [3.8, 4) is 17.2 Å². The maximum Gasteiger partial charge on any atom is 0.573 e. The number of aliphatic hydroxyl groups is 4. The molecule has 746 valence electrons. The molecule has 4 atom stereocenters. The topological polar surface area (TPSA) is 423 Å². The molecule has 5 aliphatic heterocycles. The van der Waals surface area contributed by atoms with Crippen LogP contribution in [0.1, 0.15) is 198 Å². The standard InChI is InChI=1S/C30H31N3O5.C28H26N6O3.C27H24N6O3.C26H20F3N3O4/c1-18(2)20-5-7-22(8-6-20)28(34)26-27(33(30(36)29(26)35)25-13-4-19(3)31-32-25)21-9-11-23(12-10-21)38-24-14-16-37-17-15-24;1-17(2)20-9-11-22(12-10-20)26(35)24-25(21-7-5-19(6-8-21)14-33-16-29-15-30-33)34(28(37)27(24)36)23-13-4-18(3)31-32-23;1-16(2)18-5-7-20(8-6-18)25(34)23-24(19-9-11-21(12-10-19)32-15-28-14-29-32)33(27(36)26(23)35)22-13-4-17(3)30-31-22;1-14(2)16-5-7-18(8-6-16)23(33)21-22(17-9-11-19(12-10-17)36-26(27,28)29)32(25(35)24(21)34)20-13-4-15(3)30-31-20/h4-13,18,24,27,34H,14-17H2,1-3H3;4-13,15-17,25,35H,14H2,1-3H3;4-16,24,34H,1-3H3;4-13,22,33H,1H2,2-3H3. The second kappa shape index (κ2) is 43.9. The minimum Gasteiger partial charge on any atom is -0.507 e. The molecule has 33 nitrogen and oxygen atoms in total. The quantitative estimate of drug-likeness (QED) is 0.0278. The number of anilines is 4. The number of amides is 4. The van der Waals surface area contributed by atoms with Gasteiger partial charge in [0.2, 0.25) is 0 Å². The molecule has 0 spiro atoms. The minimum absolute atomic E-state index is 0.00632. The first kappa shape index (κ1) is 102. The van der Waals surface area contributed by atoms with Gasteiger partial charge in [0.25, 0.3) is 23.1 Å². The largest absolute Gasteiger partial charge is 0.573 e. The number of halogens is 3. The molecule has 4 N–H and O–H groups in total. The molecule has 11 heterocycles. The lowest BCUT2D eigenvalue weighted by Gasteiger charge is -2.25. The Balaban J connectivity index is 0.000000140. The molecule has 4 amide bonds. The molecule has 19 rings (SSSR count). The van der Waals surface area contributed by atoms with Crippen molar-refractivity contribution >= 4 is 98.6 Å². The lowest BCUT2D eigenvalue weighted by molar-refractivity contribution is -0.274. The molecule has 5 fully saturated rings. The Labute approximate surface area is 842 Å². The zero-order valence-corrected chi connectivity index (χ0v) is 81.7. The van der Waals surface area contributed by atoms with Crippen molar-refractivity contribution in [3.63, 3.8) is 0 Å². The number of carbonyl (C=O) groups excluding carboxylic acids is 8. The highest BCUT2D eigenvalue weighted by atomic mass is 19.4. The first-order valence-electron chi connectivity index (χ1n) is 47.1. The van der Waals surface area contributed by atoms with Crippen molar-refractivity contribution in [2.75, 3.05) is 32.8 Å². The van der Waals surface area contributed by atoms with Gasteiger partial charge in [0, 0.05) is 35.1 Å². The van der Waals surface area contributed by atoms with Crippen LogP contribution in [-0.2, 0) is 49.6 Å². The number of aliphatic hydroxyl groups excluding tert-OH is 4. The lowest BCUT2D eigenvalue weighted by atomic mass is 9.93. The van der Waals surface area contributed by atoms with Gasteiger partial charge in [-0.15, -0.1) is 33.6 Å². The summed E-state index contributed by atoms with van der Waals surface area (Å²) in [7, 11) is 0. The summed E-state index contributed by atoms with van der Waals surface area (Å²) in [6.07, 6.45) is 2.95. The molecule has 5 saturated heterocycles. The fourth-order valence-electron chi connectivity index (χ4n) is 17.3. The van der Waals surface area contributed by atoms with Crippen LogP contribution in [0, 0.1) is 27.7 Å². The zero-order valence-electron chi connectivity index (χ0n) is 81.7. The lowest BCUT2D eigenvalue weighted by Crippen LogP contribution is -2.30. The van der Waals surface area contributed by atoms with Crippen LogP contribution >= 0.6 is 0 Å². The van der Waals surface area contributed by atoms with E-state index in [1.54, 1.807) is 165 Å². The zero-order chi connectivity index (χ0) is 105. The van der Waals surface area contributed by atoms with Crippen molar-refractivity contribution in [1.82, 2.24) is 70.3 Å². The fraction of sp³-hybridized carbons (Fsp3) is 0.225. The van der Waals surface area contributed by atoms with Gasteiger partial charge >= 0.3 is 30.0 Å². The van der Waals surface area contributed by atoms with Crippen molar-refractivity contribution in [2.24, 2.45) is 0 Å². The first-order chi connectivity index (χ1) is 70.5. The van der Waals surface area contributed by atoms with Crippen molar-refractivity contribution in [2.45, 2.75) is 150 Å². The van der Waals surface area contributed by atoms with Crippen LogP contribution in [-0.4, -0.2) is 163 Å². The Morgan fingerprint density at radius 2 is 0.680 bits per heavy atom. The van der Waals surface area contributed by atoms with Crippen LogP contribution < -0.4 is 29.1 Å². The number of rotatable bonds is 22. The van der Waals surface area contributed by atoms with E-state index < -0.39 is 88.8 Å². The molecule has 4 unspecified atom stereocenters. The highest BCUT2D eigenvalue weighted by Crippen LogP contribution is 2.48. The molecule has 0 bridgehead atoms. The van der Waals surface area contributed by atoms with E-state index >= 15 is 0 Å². The predicted molar refractivity (Wildman–Crippen MR) is 540 cm³/mol. The summed E-state index contributed by atoms with van der Waals surface area (Å²) < 4.78 is 56.6. The summed E-state index contributed by atoms with van der Waals surface area (Å²) in [5.41, 5.74) is 12.9. The second-order valence-corrected chi connectivity index (χ2v) is 36.4. The molecule has 0 saturated carbocycles. The maximum atomic E-state index is 13.4. The highest BCUT2D eigenvalue weighted by Gasteiger charge is 2.52. The van der Waals surface area contributed by atoms with Gasteiger partial charge in [-0.2, -0.15) is 30.6 Å². The summed E-state index contributed by atoms with van der Waals surface area (Å²) in [6, 6.07) is 64.6. The Hall–Kier alpha value is -17.8. The number of aryl methyl sites for hydroxylation is 4. The van der Waals surface area contributed by atoms with Gasteiger partial charge < -0.3 is 34.6 Å². The normalized spacial score (nSPS) is 17.9. The Morgan fingerprint density at radius 1 is 0.381 bits per heavy atom. The number of aromatic nitrogens is 14. The van der Waals surface area contributed by atoms with Gasteiger partial charge in [-0.25, -0.2) is 19.3 Å². The average molecular weight is 1980 g/mol. The SMILES string of the molecule is C=C(C)c1ccc(C(O)=C2C(=O)C(=O)N(c3ccc(C)nn3)C2c2ccc(OC(F)(F)F)cc2)cc1.Cc1ccc(N2C(=O)C(=O)C(=C(O)c3ccc(C(C)C)cc3)C2c2ccc(-n3cncn3)cc2)nn1.Cc1ccc(N2C(=O)C(=O)C(=C(O)c3ccc(C(C)C)cc3)C2c2ccc(Cn3cncn3)cc2)nn1.Cc1ccc(N2C(=O)C(=O)C(=C(O)c3ccc(C(C)C)cc3)C2c2ccc(OC3CCOCC3)cc2)nn1. The van der Waals surface area contributed by atoms with Crippen LogP contribution in [0.25, 0.3) is 34.3 Å². The van der Waals surface area contributed by atoms with Gasteiger partial charge in [0.15, 0.2) is 23.3 Å². The van der Waals surface area contributed by atoms with Gasteiger partial charge in [0.1, 0.15) is 65.9 Å². The highest BCUT2D eigenvalue weighted by molar-refractivity contribution is 6.54. The van der Waals surface area contributed by atoms with Crippen molar-refractivity contribution in [3.05, 3.63) is 392 Å². The van der Waals surface area contributed by atoms with Crippen molar-refractivity contribution in [1.29, 1.82) is 0 Å². The van der Waals surface area contributed by atoms with Crippen LogP contribution in [0.2, 0.25) is 0 Å². The van der Waals surface area contributed by atoms with Gasteiger partial charge in [0.05, 0.1) is 94.7 Å². The van der Waals surface area contributed by atoms with Crippen LogP contribution in [0.4, 0.5) is 36.4 Å². The molecule has 147 heavy (non-hydrogen) atoms. The van der Waals surface area contributed by atoms with E-state index in [2.05, 4.69) is 114 Å². The van der Waals surface area contributed by atoms with Gasteiger partial charge in [-0.05, 0) is 187 Å². The molecular formula is C111H101F3N18O15. The van der Waals surface area contributed by atoms with Crippen LogP contribution in [0.5, 0.6) is 11.5 Å². The fourth-order valence-corrected chi connectivity index (χ4v) is 17.3. The summed E-state index contributed by atoms with van der Waals surface area (Å²) >= 11 is 0. The third kappa shape index (κ3) is 22.5. The Morgan fingerprint density at radius 3 is 0.966 bits per heavy atom. The summed E-state index contributed by atoms with van der Waals surface area (Å²) in [5, 5.41) is 86.0. The molecule has 0 radical (unpaired) electrons. The number of hydrogen-bond acceptors (Lipinski definition) is 27. The Kier molecular flexibility index (Phi) is 30.5. The molecular weight excluding hydrogens is 1880 g/mol. The van der Waals surface area contributed by atoms with E-state index in [1.807, 2.05) is 104 Å². The number of alkyl halides is 3. The maximum absolute atomic E-state index is 13.4. The minimum atomic E-state index is -4.89. The number of allylic oxidation sites excluding steroid dienone is 1. The number of ether oxygens (including phenoxy) is 3. The molecule has 36 heteroatoms. The number of carbonyl (C=O) groups is 8. The van der Waals surface area contributed by atoms with Crippen molar-refractivity contribution < 1.29 is 86.2 Å². The first-order valence-corrected chi connectivity index (χ1v) is 47.1. The average Bonchev–Trinajstić information content (AvgIpc) is 1.61. The molecule has 14 aromatic rings. The third-order valence-corrected chi connectivity index (χ3v) is 25.2. The molecule has 6 aromatic heterocycles. The summed E-state index contributed by atoms with van der Waals surface area (Å²) in [5.74, 6) is -5.82. The molecule has 5 aliphatic rings. The smallest absolute Gasteiger partial charge is 0.507 e. The van der Waals surface area contributed by atoms with E-state index in [-0.39, 0.29) is 80.1 Å². The third-order valence-electron chi connectivity index (χ3n) is 25.2. The summed E-state index contributed by atoms with van der Waals surface area (Å²) in [4.78, 5) is 119. The van der Waals surface area contributed by atoms with E-state index in [9.17, 15) is 72.0 Å². The molecule has 8 aromatic carbocycles. The molecule has 0 aliphatic carbocycles. The number of ketones is 4. The number of Topliss-reactive ketones (excluding diaryl/α,β-unsaturated/α-hetero) is 4. The number of hydrogen-bond donors (Lipinski definition) is 4. The monoisotopic (exact) mass is 1980 g/mol. The van der Waals surface area contributed by atoms with Crippen LogP contribution in [0.15, 0.2) is 297 Å². The second-order valence-electron chi connectivity index (χ2n) is 36.4. The Bertz CT molecular complexity index is 7380. The van der Waals surface area contributed by atoms with Gasteiger partial charge in [-0.3, -0.25) is 58.0 Å². The van der Waals surface area contributed by atoms with E-state index in [0.717, 1.165) is 69.0 Å². The van der Waals surface area contributed by atoms with E-state index in [1.165, 1.54) is 45.6 Å². The van der Waals surface area contributed by atoms with Gasteiger partial charge in [-0.1, -0.05) is 211 Å². The summed E-state index contributed by atoms with van der Waals surface area (Å²) in [6.45, 7) is 27.1. The number of benzene rings is 8.